The lowest BCUT2D eigenvalue weighted by Crippen LogP contribution is -2.45. The van der Waals surface area contributed by atoms with Gasteiger partial charge in [-0.3, -0.25) is 0 Å². The standard InChI is InChI=1S/2C30H51IOSi.C29H48O2Si/c1-21-19-25(23(3)28(20-21)32-33(8,9)29(4,5)6)13-12-24-11-10-17-30(7)26(14-15-27(24)30)22(2)16-18-31;1-21(16-18-31)27-14-15-28-24(11-10-17-30(27,28)7)12-13-25-20-26(19-22(2)23(25)3)32-33(8,9)29(4,5)6;1-20-17-24(22(3)27(18-20)31-32(8,9)28(4,5)6)13-12-23-11-10-16-29(7)25(21(2)19-30)14-15-26(23)29/h2*13,16,18,21-22,24,26-28H,3,10-12,14-15,17,19-20H2,1-2,4-9H3;12-13,19-21,25-27H,3,10-11,14-18H2,1-2,4-9H3/b18-16+,25-13+;18-16+,25-13-;23-12+,24-13+/t21-,22-,24?,26-,27+,28+,30-;21-,22+,24?,26+,27-,28+,30-;20-,21-,25-,26+,27+,29-/m111/s1. The number of halogens is 2. The number of aldehydes is 1. The van der Waals surface area contributed by atoms with Gasteiger partial charge in [-0.1, -0.05) is 244 Å². The van der Waals surface area contributed by atoms with Crippen molar-refractivity contribution in [3.8, 4) is 0 Å². The van der Waals surface area contributed by atoms with Crippen LogP contribution in [0.3, 0.4) is 0 Å². The first-order chi connectivity index (χ1) is 45.4. The maximum atomic E-state index is 11.5. The summed E-state index contributed by atoms with van der Waals surface area (Å²) in [5.74, 6) is 9.81. The molecule has 0 aliphatic heterocycles. The minimum atomic E-state index is -1.83. The second kappa shape index (κ2) is 34.0. The molecule has 2 unspecified atom stereocenters. The van der Waals surface area contributed by atoms with E-state index in [2.05, 4.69) is 273 Å². The van der Waals surface area contributed by atoms with E-state index < -0.39 is 25.0 Å². The molecule has 0 aromatic carbocycles. The quantitative estimate of drug-likeness (QED) is 0.0827. The second-order valence-corrected chi connectivity index (χ2v) is 55.7. The lowest BCUT2D eigenvalue weighted by atomic mass is 9.59. The highest BCUT2D eigenvalue weighted by molar-refractivity contribution is 14.1. The highest BCUT2D eigenvalue weighted by Gasteiger charge is 2.55. The van der Waals surface area contributed by atoms with Gasteiger partial charge >= 0.3 is 0 Å². The van der Waals surface area contributed by atoms with Crippen LogP contribution in [0, 0.1) is 99.1 Å². The molecule has 0 saturated heterocycles. The van der Waals surface area contributed by atoms with Gasteiger partial charge < -0.3 is 18.1 Å². The first-order valence-corrected chi connectivity index (χ1v) is 51.5. The van der Waals surface area contributed by atoms with E-state index in [0.29, 0.717) is 58.4 Å². The van der Waals surface area contributed by atoms with Gasteiger partial charge in [0, 0.05) is 12.0 Å². The summed E-state index contributed by atoms with van der Waals surface area (Å²) in [7, 11) is -5.37. The van der Waals surface area contributed by atoms with Crippen LogP contribution in [0.2, 0.25) is 54.4 Å². The number of hydrogen-bond acceptors (Lipinski definition) is 4. The van der Waals surface area contributed by atoms with E-state index in [-0.39, 0.29) is 38.7 Å². The summed E-state index contributed by atoms with van der Waals surface area (Å²) in [6.45, 7) is 70.9. The van der Waals surface area contributed by atoms with E-state index in [0.717, 1.165) is 67.6 Å². The fourth-order valence-electron chi connectivity index (χ4n) is 21.1. The van der Waals surface area contributed by atoms with E-state index in [4.69, 9.17) is 13.3 Å². The Morgan fingerprint density at radius 2 is 0.918 bits per heavy atom. The zero-order valence-corrected chi connectivity index (χ0v) is 75.1. The number of rotatable bonds is 17. The Hall–Kier alpha value is -0.679. The average molecular weight is 1620 g/mol. The second-order valence-electron chi connectivity index (χ2n) is 39.9. The first-order valence-electron chi connectivity index (χ1n) is 40.3. The lowest BCUT2D eigenvalue weighted by Gasteiger charge is -2.46. The molecular formula is C89H150I2O4Si3. The molecule has 0 N–H and O–H groups in total. The summed E-state index contributed by atoms with van der Waals surface area (Å²) in [6, 6.07) is 0. The predicted octanol–water partition coefficient (Wildman–Crippen LogP) is 28.5. The van der Waals surface area contributed by atoms with Gasteiger partial charge in [-0.2, -0.15) is 0 Å². The van der Waals surface area contributed by atoms with E-state index >= 15 is 0 Å². The third-order valence-corrected chi connectivity index (χ3v) is 44.6. The van der Waals surface area contributed by atoms with E-state index in [1.165, 1.54) is 155 Å². The molecule has 0 aromatic heterocycles. The first kappa shape index (κ1) is 84.6. The van der Waals surface area contributed by atoms with E-state index in [1.807, 2.05) is 0 Å². The Kier molecular flexibility index (Phi) is 29.4. The molecule has 9 aliphatic rings. The maximum absolute atomic E-state index is 11.5. The van der Waals surface area contributed by atoms with Gasteiger partial charge in [0.05, 0.1) is 12.2 Å². The summed E-state index contributed by atoms with van der Waals surface area (Å²) >= 11 is 4.79. The third kappa shape index (κ3) is 19.5. The van der Waals surface area contributed by atoms with E-state index in [9.17, 15) is 4.79 Å². The molecular weight excluding hydrogens is 1470 g/mol. The Bertz CT molecular complexity index is 2860. The molecule has 9 fully saturated rings. The van der Waals surface area contributed by atoms with Crippen LogP contribution >= 0.6 is 45.2 Å². The predicted molar refractivity (Wildman–Crippen MR) is 452 cm³/mol. The zero-order chi connectivity index (χ0) is 73.1. The number of hydrogen-bond donors (Lipinski definition) is 0. The highest BCUT2D eigenvalue weighted by atomic mass is 127. The van der Waals surface area contributed by atoms with Crippen molar-refractivity contribution in [3.63, 3.8) is 0 Å². The maximum Gasteiger partial charge on any atom is 0.192 e. The van der Waals surface area contributed by atoms with Crippen LogP contribution in [0.4, 0.5) is 0 Å². The summed E-state index contributed by atoms with van der Waals surface area (Å²) in [5, 5.41) is 0.723. The van der Waals surface area contributed by atoms with Crippen molar-refractivity contribution >= 4 is 76.4 Å². The summed E-state index contributed by atoms with van der Waals surface area (Å²) in [5.41, 5.74) is 11.3. The van der Waals surface area contributed by atoms with Crippen LogP contribution in [0.5, 0.6) is 0 Å². The van der Waals surface area contributed by atoms with Crippen molar-refractivity contribution in [1.82, 2.24) is 0 Å². The topological polar surface area (TPSA) is 44.8 Å². The van der Waals surface area contributed by atoms with Crippen molar-refractivity contribution in [3.05, 3.63) is 103 Å². The van der Waals surface area contributed by atoms with Gasteiger partial charge in [-0.25, -0.2) is 0 Å². The van der Waals surface area contributed by atoms with Gasteiger partial charge in [0.1, 0.15) is 6.29 Å². The van der Waals surface area contributed by atoms with Gasteiger partial charge in [-0.05, 0) is 324 Å². The molecule has 0 aromatic rings. The number of allylic oxidation sites excluding steroid dienone is 8. The smallest absolute Gasteiger partial charge is 0.192 e. The highest BCUT2D eigenvalue weighted by Crippen LogP contribution is 2.63. The molecule has 9 heteroatoms. The molecule has 0 bridgehead atoms. The zero-order valence-electron chi connectivity index (χ0n) is 67.8. The summed E-state index contributed by atoms with van der Waals surface area (Å²) < 4.78 is 25.1. The molecule has 0 amide bonds. The Morgan fingerprint density at radius 1 is 0.510 bits per heavy atom. The van der Waals surface area contributed by atoms with Crippen molar-refractivity contribution in [2.24, 2.45) is 99.1 Å². The number of carbonyl (C=O) groups excluding carboxylic acids is 1. The number of carbonyl (C=O) groups is 1. The van der Waals surface area contributed by atoms with E-state index in [1.54, 1.807) is 5.57 Å². The van der Waals surface area contributed by atoms with Crippen LogP contribution in [0.25, 0.3) is 0 Å². The third-order valence-electron chi connectivity index (χ3n) is 30.2. The fourth-order valence-corrected chi connectivity index (χ4v) is 26.4. The molecule has 556 valence electrons. The van der Waals surface area contributed by atoms with Crippen molar-refractivity contribution in [2.75, 3.05) is 0 Å². The van der Waals surface area contributed by atoms with Crippen LogP contribution in [0.1, 0.15) is 272 Å². The molecule has 9 rings (SSSR count). The average Bonchev–Trinajstić information content (AvgIpc) is 1.60. The molecule has 0 spiro atoms. The fraction of sp³-hybridized carbons (Fsp3) is 0.787. The Balaban J connectivity index is 0.000000207. The lowest BCUT2D eigenvalue weighted by molar-refractivity contribution is -0.113. The molecule has 0 heterocycles. The SMILES string of the molecule is C=C1/C(=C/C=C2\CCC[C@]3(C)[C@@H]([C@H](C)C=O)CC[C@@H]23)C[C@@H](C)C[C@@H]1O[Si](C)(C)C(C)(C)C.C=C1/C(=C/CC2CCC[C@]3(C)[C@@H]([C@H](C)/C=C/I)CC[C@@H]23)C[C@@H](C)C[C@@H]1O[Si](C)(C)C(C)(C)C.C=C1/C(=C\CC2CCC[C@]3(C)[C@@H]([C@H](C)/C=C/I)CC[C@@H]23)C[C@@H](O[Si](C)(C)C(C)(C)C)C[C@@H]1C. The molecule has 0 radical (unpaired) electrons. The monoisotopic (exact) mass is 1620 g/mol. The Labute approximate surface area is 636 Å². The largest absolute Gasteiger partial charge is 0.414 e. The molecule has 9 aliphatic carbocycles. The van der Waals surface area contributed by atoms with Crippen LogP contribution in [-0.4, -0.2) is 49.6 Å². The van der Waals surface area contributed by atoms with Crippen LogP contribution in [-0.2, 0) is 18.1 Å². The van der Waals surface area contributed by atoms with Gasteiger partial charge in [-0.15, -0.1) is 0 Å². The van der Waals surface area contributed by atoms with Crippen LogP contribution < -0.4 is 0 Å². The summed E-state index contributed by atoms with van der Waals surface area (Å²) in [4.78, 5) is 11.5. The molecule has 9 saturated carbocycles. The van der Waals surface area contributed by atoms with Gasteiger partial charge in [0.15, 0.2) is 25.0 Å². The molecule has 20 atom stereocenters. The minimum Gasteiger partial charge on any atom is -0.414 e. The van der Waals surface area contributed by atoms with Crippen molar-refractivity contribution < 1.29 is 18.1 Å². The van der Waals surface area contributed by atoms with Gasteiger partial charge in [0.25, 0.3) is 0 Å². The van der Waals surface area contributed by atoms with Crippen molar-refractivity contribution in [2.45, 2.75) is 345 Å². The normalized spacial score (nSPS) is 38.0. The minimum absolute atomic E-state index is 0.158. The Morgan fingerprint density at radius 3 is 1.37 bits per heavy atom. The summed E-state index contributed by atoms with van der Waals surface area (Å²) in [6.07, 6.45) is 46.5. The molecule has 4 nitrogen and oxygen atoms in total. The van der Waals surface area contributed by atoms with Gasteiger partial charge in [0.2, 0.25) is 0 Å². The van der Waals surface area contributed by atoms with Crippen molar-refractivity contribution in [1.29, 1.82) is 0 Å². The molecule has 98 heavy (non-hydrogen) atoms. The van der Waals surface area contributed by atoms with Crippen LogP contribution in [0.15, 0.2) is 103 Å². The number of fused-ring (bicyclic) bond motifs is 3.